The van der Waals surface area contributed by atoms with Gasteiger partial charge in [-0.2, -0.15) is 0 Å². The fourth-order valence-electron chi connectivity index (χ4n) is 2.39. The number of carbonyl (C=O) groups excluding carboxylic acids is 1. The molecule has 1 fully saturated rings. The molecule has 1 saturated carbocycles. The van der Waals surface area contributed by atoms with Gasteiger partial charge in [0.05, 0.1) is 19.1 Å². The van der Waals surface area contributed by atoms with Crippen molar-refractivity contribution in [3.05, 3.63) is 0 Å². The van der Waals surface area contributed by atoms with E-state index >= 15 is 0 Å². The van der Waals surface area contributed by atoms with Gasteiger partial charge in [-0.1, -0.05) is 19.8 Å². The van der Waals surface area contributed by atoms with Crippen molar-refractivity contribution in [2.45, 2.75) is 52.1 Å². The molecule has 1 aliphatic carbocycles. The van der Waals surface area contributed by atoms with Gasteiger partial charge in [-0.05, 0) is 31.6 Å². The van der Waals surface area contributed by atoms with Crippen LogP contribution in [-0.2, 0) is 9.53 Å². The first-order chi connectivity index (χ1) is 7.13. The summed E-state index contributed by atoms with van der Waals surface area (Å²) in [5.74, 6) is 0.696. The molecule has 0 aromatic carbocycles. The molecule has 88 valence electrons. The van der Waals surface area contributed by atoms with E-state index in [4.69, 9.17) is 4.74 Å². The van der Waals surface area contributed by atoms with Gasteiger partial charge in [-0.25, -0.2) is 0 Å². The molecule has 0 radical (unpaired) electrons. The Balaban J connectivity index is 2.32. The summed E-state index contributed by atoms with van der Waals surface area (Å²) in [5, 5.41) is 9.89. The minimum absolute atomic E-state index is 0.158. The average molecular weight is 214 g/mol. The minimum atomic E-state index is -0.508. The van der Waals surface area contributed by atoms with Crippen LogP contribution >= 0.6 is 0 Å². The molecule has 0 aromatic heterocycles. The third-order valence-electron chi connectivity index (χ3n) is 3.20. The normalized spacial score (nSPS) is 28.5. The molecule has 0 aromatic rings. The molecule has 0 spiro atoms. The molecule has 0 heterocycles. The zero-order valence-corrected chi connectivity index (χ0v) is 9.74. The van der Waals surface area contributed by atoms with Crippen molar-refractivity contribution in [1.29, 1.82) is 0 Å². The summed E-state index contributed by atoms with van der Waals surface area (Å²) in [6.45, 7) is 4.39. The highest BCUT2D eigenvalue weighted by Gasteiger charge is 2.27. The lowest BCUT2D eigenvalue weighted by atomic mass is 9.79. The van der Waals surface area contributed by atoms with E-state index < -0.39 is 6.10 Å². The van der Waals surface area contributed by atoms with Crippen molar-refractivity contribution in [1.82, 2.24) is 0 Å². The van der Waals surface area contributed by atoms with Crippen LogP contribution in [0, 0.1) is 11.8 Å². The number of hydrogen-bond acceptors (Lipinski definition) is 3. The van der Waals surface area contributed by atoms with Crippen LogP contribution in [0.2, 0.25) is 0 Å². The third-order valence-corrected chi connectivity index (χ3v) is 3.20. The van der Waals surface area contributed by atoms with E-state index in [2.05, 4.69) is 6.92 Å². The van der Waals surface area contributed by atoms with Crippen LogP contribution in [0.5, 0.6) is 0 Å². The Kier molecular flexibility index (Phi) is 5.09. The van der Waals surface area contributed by atoms with Crippen molar-refractivity contribution >= 4 is 5.97 Å². The maximum absolute atomic E-state index is 11.2. The SMILES string of the molecule is CCOC(=O)CC(O)C1CCCC(C)C1. The standard InChI is InChI=1S/C12H22O3/c1-3-15-12(14)8-11(13)10-6-4-5-9(2)7-10/h9-11,13H,3-8H2,1-2H3. The maximum Gasteiger partial charge on any atom is 0.308 e. The van der Waals surface area contributed by atoms with Crippen molar-refractivity contribution in [3.8, 4) is 0 Å². The summed E-state index contributed by atoms with van der Waals surface area (Å²) in [6.07, 6.45) is 4.16. The molecule has 15 heavy (non-hydrogen) atoms. The maximum atomic E-state index is 11.2. The molecule has 1 N–H and O–H groups in total. The monoisotopic (exact) mass is 214 g/mol. The van der Waals surface area contributed by atoms with E-state index in [1.165, 1.54) is 12.8 Å². The summed E-state index contributed by atoms with van der Waals surface area (Å²) in [6, 6.07) is 0. The van der Waals surface area contributed by atoms with Gasteiger partial charge in [-0.3, -0.25) is 4.79 Å². The third kappa shape index (κ3) is 4.20. The summed E-state index contributed by atoms with van der Waals surface area (Å²) in [5.41, 5.74) is 0. The van der Waals surface area contributed by atoms with Crippen LogP contribution < -0.4 is 0 Å². The largest absolute Gasteiger partial charge is 0.466 e. The Labute approximate surface area is 91.8 Å². The molecular weight excluding hydrogens is 192 g/mol. The molecule has 0 amide bonds. The number of ether oxygens (including phenoxy) is 1. The van der Waals surface area contributed by atoms with E-state index in [1.807, 2.05) is 0 Å². The van der Waals surface area contributed by atoms with Crippen LogP contribution in [0.25, 0.3) is 0 Å². The van der Waals surface area contributed by atoms with Crippen molar-refractivity contribution in [3.63, 3.8) is 0 Å². The van der Waals surface area contributed by atoms with Gasteiger partial charge in [0.15, 0.2) is 0 Å². The zero-order valence-electron chi connectivity index (χ0n) is 9.74. The fourth-order valence-corrected chi connectivity index (χ4v) is 2.39. The highest BCUT2D eigenvalue weighted by Crippen LogP contribution is 2.31. The molecule has 3 nitrogen and oxygen atoms in total. The summed E-state index contributed by atoms with van der Waals surface area (Å²) in [4.78, 5) is 11.2. The minimum Gasteiger partial charge on any atom is -0.466 e. The highest BCUT2D eigenvalue weighted by molar-refractivity contribution is 5.69. The molecule has 3 unspecified atom stereocenters. The first-order valence-corrected chi connectivity index (χ1v) is 5.97. The predicted octanol–water partition coefficient (Wildman–Crippen LogP) is 2.13. The van der Waals surface area contributed by atoms with Gasteiger partial charge in [0, 0.05) is 0 Å². The van der Waals surface area contributed by atoms with Crippen LogP contribution in [0.15, 0.2) is 0 Å². The van der Waals surface area contributed by atoms with E-state index in [0.29, 0.717) is 12.5 Å². The van der Waals surface area contributed by atoms with E-state index in [-0.39, 0.29) is 18.3 Å². The van der Waals surface area contributed by atoms with Gasteiger partial charge in [0.2, 0.25) is 0 Å². The van der Waals surface area contributed by atoms with Crippen molar-refractivity contribution in [2.75, 3.05) is 6.61 Å². The second-order valence-corrected chi connectivity index (χ2v) is 4.61. The van der Waals surface area contributed by atoms with Crippen molar-refractivity contribution in [2.24, 2.45) is 11.8 Å². The lowest BCUT2D eigenvalue weighted by Crippen LogP contribution is -2.28. The Bertz CT molecular complexity index is 203. The van der Waals surface area contributed by atoms with Crippen molar-refractivity contribution < 1.29 is 14.6 Å². The Morgan fingerprint density at radius 3 is 2.87 bits per heavy atom. The Hall–Kier alpha value is -0.570. The predicted molar refractivity (Wildman–Crippen MR) is 58.4 cm³/mol. The molecule has 1 aliphatic rings. The van der Waals surface area contributed by atoms with Gasteiger partial charge >= 0.3 is 5.97 Å². The summed E-state index contributed by atoms with van der Waals surface area (Å²) >= 11 is 0. The number of carbonyl (C=O) groups is 1. The topological polar surface area (TPSA) is 46.5 Å². The molecule has 0 aliphatic heterocycles. The molecular formula is C12H22O3. The van der Waals surface area contributed by atoms with Crippen LogP contribution in [0.3, 0.4) is 0 Å². The highest BCUT2D eigenvalue weighted by atomic mass is 16.5. The van der Waals surface area contributed by atoms with Crippen LogP contribution in [0.1, 0.15) is 46.0 Å². The summed E-state index contributed by atoms with van der Waals surface area (Å²) in [7, 11) is 0. The second kappa shape index (κ2) is 6.11. The van der Waals surface area contributed by atoms with Gasteiger partial charge in [-0.15, -0.1) is 0 Å². The molecule has 0 bridgehead atoms. The zero-order chi connectivity index (χ0) is 11.3. The van der Waals surface area contributed by atoms with Gasteiger partial charge in [0.25, 0.3) is 0 Å². The number of rotatable bonds is 4. The lowest BCUT2D eigenvalue weighted by Gasteiger charge is -2.29. The molecule has 3 atom stereocenters. The molecule has 3 heteroatoms. The van der Waals surface area contributed by atoms with Gasteiger partial charge < -0.3 is 9.84 Å². The molecule has 1 rings (SSSR count). The van der Waals surface area contributed by atoms with Crippen LogP contribution in [0.4, 0.5) is 0 Å². The van der Waals surface area contributed by atoms with E-state index in [1.54, 1.807) is 6.92 Å². The van der Waals surface area contributed by atoms with Gasteiger partial charge in [0.1, 0.15) is 0 Å². The van der Waals surface area contributed by atoms with E-state index in [9.17, 15) is 9.90 Å². The average Bonchev–Trinajstić information content (AvgIpc) is 2.18. The van der Waals surface area contributed by atoms with E-state index in [0.717, 1.165) is 12.8 Å². The number of aliphatic hydroxyl groups is 1. The number of hydrogen-bond donors (Lipinski definition) is 1. The first kappa shape index (κ1) is 12.5. The van der Waals surface area contributed by atoms with Crippen LogP contribution in [-0.4, -0.2) is 23.8 Å². The second-order valence-electron chi connectivity index (χ2n) is 4.61. The lowest BCUT2D eigenvalue weighted by molar-refractivity contribution is -0.146. The first-order valence-electron chi connectivity index (χ1n) is 5.97. The Morgan fingerprint density at radius 1 is 1.53 bits per heavy atom. The quantitative estimate of drug-likeness (QED) is 0.729. The number of esters is 1. The summed E-state index contributed by atoms with van der Waals surface area (Å²) < 4.78 is 4.83. The fraction of sp³-hybridized carbons (Fsp3) is 0.917. The Morgan fingerprint density at radius 2 is 2.27 bits per heavy atom. The smallest absolute Gasteiger partial charge is 0.308 e. The molecule has 0 saturated heterocycles. The number of aliphatic hydroxyl groups excluding tert-OH is 1.